The lowest BCUT2D eigenvalue weighted by Gasteiger charge is -2.38. The van der Waals surface area contributed by atoms with Crippen molar-refractivity contribution < 1.29 is 8.81 Å². The van der Waals surface area contributed by atoms with Crippen LogP contribution in [-0.4, -0.2) is 29.0 Å². The van der Waals surface area contributed by atoms with Gasteiger partial charge in [0.05, 0.1) is 5.69 Å². The number of rotatable bonds is 4. The van der Waals surface area contributed by atoms with Crippen LogP contribution in [0.15, 0.2) is 34.9 Å². The van der Waals surface area contributed by atoms with Gasteiger partial charge in [-0.1, -0.05) is 13.0 Å². The number of piperidine rings is 1. The van der Waals surface area contributed by atoms with Crippen molar-refractivity contribution in [1.29, 1.82) is 0 Å². The summed E-state index contributed by atoms with van der Waals surface area (Å²) in [6.45, 7) is 4.68. The Kier molecular flexibility index (Phi) is 6.16. The van der Waals surface area contributed by atoms with E-state index in [0.29, 0.717) is 30.0 Å². The second-order valence-electron chi connectivity index (χ2n) is 6.05. The molecule has 0 amide bonds. The number of benzene rings is 1. The molecule has 2 unspecified atom stereocenters. The number of hydrogen-bond donors (Lipinski definition) is 1. The van der Waals surface area contributed by atoms with Crippen molar-refractivity contribution >= 4 is 12.4 Å². The molecule has 126 valence electrons. The van der Waals surface area contributed by atoms with Crippen LogP contribution in [0.3, 0.4) is 0 Å². The van der Waals surface area contributed by atoms with Gasteiger partial charge in [0.25, 0.3) is 0 Å². The van der Waals surface area contributed by atoms with E-state index >= 15 is 0 Å². The van der Waals surface area contributed by atoms with E-state index in [9.17, 15) is 4.39 Å². The largest absolute Gasteiger partial charge is 0.444 e. The van der Waals surface area contributed by atoms with E-state index in [2.05, 4.69) is 16.8 Å². The average Bonchev–Trinajstić information content (AvgIpc) is 2.96. The molecule has 1 aromatic heterocycles. The van der Waals surface area contributed by atoms with Crippen molar-refractivity contribution in [1.82, 2.24) is 9.88 Å². The van der Waals surface area contributed by atoms with Crippen LogP contribution in [0, 0.1) is 11.7 Å². The molecule has 0 bridgehead atoms. The fourth-order valence-electron chi connectivity index (χ4n) is 3.25. The number of nitrogens with zero attached hydrogens (tertiary/aromatic N) is 2. The molecule has 0 aliphatic carbocycles. The Morgan fingerprint density at radius 1 is 1.43 bits per heavy atom. The quantitative estimate of drug-likeness (QED) is 0.926. The Balaban J connectivity index is 0.00000192. The van der Waals surface area contributed by atoms with Crippen molar-refractivity contribution in [3.63, 3.8) is 0 Å². The molecule has 23 heavy (non-hydrogen) atoms. The summed E-state index contributed by atoms with van der Waals surface area (Å²) in [5, 5.41) is 0. The first-order valence-corrected chi connectivity index (χ1v) is 7.82. The number of nitrogens with two attached hydrogens (primary N) is 1. The van der Waals surface area contributed by atoms with Crippen molar-refractivity contribution in [2.24, 2.45) is 11.7 Å². The topological polar surface area (TPSA) is 55.3 Å². The normalized spacial score (nSPS) is 21.9. The molecule has 1 aliphatic rings. The van der Waals surface area contributed by atoms with Crippen LogP contribution in [0.5, 0.6) is 0 Å². The van der Waals surface area contributed by atoms with E-state index < -0.39 is 0 Å². The number of halogens is 2. The minimum absolute atomic E-state index is 0. The van der Waals surface area contributed by atoms with E-state index in [1.165, 1.54) is 25.0 Å². The molecule has 2 aromatic rings. The smallest absolute Gasteiger partial charge is 0.226 e. The van der Waals surface area contributed by atoms with Gasteiger partial charge in [-0.05, 0) is 43.5 Å². The lowest BCUT2D eigenvalue weighted by atomic mass is 9.91. The number of oxazole rings is 1. The Labute approximate surface area is 142 Å². The summed E-state index contributed by atoms with van der Waals surface area (Å²) in [5.41, 5.74) is 7.45. The van der Waals surface area contributed by atoms with Crippen LogP contribution in [-0.2, 0) is 6.54 Å². The molecule has 0 radical (unpaired) electrons. The van der Waals surface area contributed by atoms with Gasteiger partial charge in [0, 0.05) is 24.7 Å². The van der Waals surface area contributed by atoms with Gasteiger partial charge in [0.15, 0.2) is 0 Å². The molecule has 4 nitrogen and oxygen atoms in total. The summed E-state index contributed by atoms with van der Waals surface area (Å²) in [6.07, 6.45) is 4.07. The highest BCUT2D eigenvalue weighted by Crippen LogP contribution is 2.25. The average molecular weight is 340 g/mol. The molecular formula is C17H23ClFN3O. The van der Waals surface area contributed by atoms with Crippen molar-refractivity contribution in [3.8, 4) is 11.5 Å². The molecular weight excluding hydrogens is 317 g/mol. The van der Waals surface area contributed by atoms with Crippen LogP contribution in [0.4, 0.5) is 4.39 Å². The van der Waals surface area contributed by atoms with Crippen molar-refractivity contribution in [3.05, 3.63) is 42.0 Å². The summed E-state index contributed by atoms with van der Waals surface area (Å²) < 4.78 is 18.8. The highest BCUT2D eigenvalue weighted by Gasteiger charge is 2.27. The predicted octanol–water partition coefficient (Wildman–Crippen LogP) is 3.46. The fourth-order valence-corrected chi connectivity index (χ4v) is 3.25. The molecule has 6 heteroatoms. The molecule has 2 heterocycles. The van der Waals surface area contributed by atoms with Crippen LogP contribution < -0.4 is 5.73 Å². The third-order valence-corrected chi connectivity index (χ3v) is 4.46. The lowest BCUT2D eigenvalue weighted by molar-refractivity contribution is 0.0977. The highest BCUT2D eigenvalue weighted by atomic mass is 35.5. The Morgan fingerprint density at radius 2 is 2.26 bits per heavy atom. The standard InChI is InChI=1S/C17H22FN3O.ClH/c1-12-4-3-7-21(16(12)9-19)10-15-11-22-17(20-15)13-5-2-6-14(18)8-13;/h2,5-6,8,11-12,16H,3-4,7,9-10,19H2,1H3;1H. The lowest BCUT2D eigenvalue weighted by Crippen LogP contribution is -2.48. The highest BCUT2D eigenvalue weighted by molar-refractivity contribution is 5.85. The zero-order valence-electron chi connectivity index (χ0n) is 13.2. The number of hydrogen-bond acceptors (Lipinski definition) is 4. The minimum atomic E-state index is -0.287. The zero-order chi connectivity index (χ0) is 15.5. The van der Waals surface area contributed by atoms with Gasteiger partial charge in [0.1, 0.15) is 12.1 Å². The minimum Gasteiger partial charge on any atom is -0.444 e. The molecule has 0 saturated carbocycles. The SMILES string of the molecule is CC1CCCN(Cc2coc(-c3cccc(F)c3)n2)C1CN.Cl. The molecule has 2 atom stereocenters. The third kappa shape index (κ3) is 4.10. The fraction of sp³-hybridized carbons (Fsp3) is 0.471. The van der Waals surface area contributed by atoms with E-state index in [1.807, 2.05) is 0 Å². The summed E-state index contributed by atoms with van der Waals surface area (Å²) in [7, 11) is 0. The second-order valence-corrected chi connectivity index (χ2v) is 6.05. The monoisotopic (exact) mass is 339 g/mol. The van der Waals surface area contributed by atoms with Gasteiger partial charge >= 0.3 is 0 Å². The van der Waals surface area contributed by atoms with E-state index in [0.717, 1.165) is 18.8 Å². The molecule has 0 spiro atoms. The number of likely N-dealkylation sites (tertiary alicyclic amines) is 1. The summed E-state index contributed by atoms with van der Waals surface area (Å²) in [5.74, 6) is 0.780. The van der Waals surface area contributed by atoms with Crippen LogP contribution in [0.25, 0.3) is 11.5 Å². The first kappa shape index (κ1) is 17.9. The Morgan fingerprint density at radius 3 is 3.00 bits per heavy atom. The molecule has 3 rings (SSSR count). The molecule has 1 fully saturated rings. The van der Waals surface area contributed by atoms with E-state index in [1.54, 1.807) is 18.4 Å². The maximum Gasteiger partial charge on any atom is 0.226 e. The van der Waals surface area contributed by atoms with Crippen LogP contribution in [0.1, 0.15) is 25.5 Å². The first-order valence-electron chi connectivity index (χ1n) is 7.82. The summed E-state index contributed by atoms with van der Waals surface area (Å²) in [6, 6.07) is 6.69. The Bertz CT molecular complexity index is 634. The maximum atomic E-state index is 13.3. The van der Waals surface area contributed by atoms with Gasteiger partial charge in [-0.3, -0.25) is 4.90 Å². The van der Waals surface area contributed by atoms with E-state index in [-0.39, 0.29) is 18.2 Å². The first-order chi connectivity index (χ1) is 10.7. The van der Waals surface area contributed by atoms with Gasteiger partial charge in [0.2, 0.25) is 5.89 Å². The van der Waals surface area contributed by atoms with Gasteiger partial charge in [-0.25, -0.2) is 9.37 Å². The van der Waals surface area contributed by atoms with Gasteiger partial charge in [-0.2, -0.15) is 0 Å². The molecule has 2 N–H and O–H groups in total. The molecule has 1 aliphatic heterocycles. The Hall–Kier alpha value is -1.43. The van der Waals surface area contributed by atoms with Gasteiger partial charge < -0.3 is 10.2 Å². The van der Waals surface area contributed by atoms with Crippen molar-refractivity contribution in [2.45, 2.75) is 32.4 Å². The summed E-state index contributed by atoms with van der Waals surface area (Å²) in [4.78, 5) is 6.87. The third-order valence-electron chi connectivity index (χ3n) is 4.46. The maximum absolute atomic E-state index is 13.3. The van der Waals surface area contributed by atoms with Crippen LogP contribution >= 0.6 is 12.4 Å². The van der Waals surface area contributed by atoms with Crippen molar-refractivity contribution in [2.75, 3.05) is 13.1 Å². The molecule has 1 saturated heterocycles. The number of aromatic nitrogens is 1. The molecule has 1 aromatic carbocycles. The van der Waals surface area contributed by atoms with E-state index in [4.69, 9.17) is 10.2 Å². The predicted molar refractivity (Wildman–Crippen MR) is 90.8 cm³/mol. The zero-order valence-corrected chi connectivity index (χ0v) is 14.1. The summed E-state index contributed by atoms with van der Waals surface area (Å²) >= 11 is 0. The van der Waals surface area contributed by atoms with Crippen LogP contribution in [0.2, 0.25) is 0 Å². The second kappa shape index (κ2) is 7.90. The van der Waals surface area contributed by atoms with Gasteiger partial charge in [-0.15, -0.1) is 12.4 Å².